The largest absolute Gasteiger partial charge is 0.258 e. The van der Waals surface area contributed by atoms with Crippen LogP contribution in [0.4, 0.5) is 0 Å². The first-order chi connectivity index (χ1) is 5.75. The molecule has 0 aliphatic carbocycles. The molecule has 70 valence electrons. The van der Waals surface area contributed by atoms with Crippen molar-refractivity contribution in [1.82, 2.24) is 0 Å². The molecule has 1 aliphatic rings. The van der Waals surface area contributed by atoms with Gasteiger partial charge in [-0.15, -0.1) is 18.3 Å². The Balaban J connectivity index is 2.73. The summed E-state index contributed by atoms with van der Waals surface area (Å²) < 4.78 is 11.8. The molecule has 0 N–H and O–H groups in total. The summed E-state index contributed by atoms with van der Waals surface area (Å²) in [5, 5.41) is 0. The van der Waals surface area contributed by atoms with Crippen molar-refractivity contribution in [1.29, 1.82) is 0 Å². The van der Waals surface area contributed by atoms with Crippen LogP contribution in [0.15, 0.2) is 12.7 Å². The minimum absolute atomic E-state index is 0. The number of allylic oxidation sites excluding steroid dienone is 1. The second-order valence-electron chi connectivity index (χ2n) is 3.01. The van der Waals surface area contributed by atoms with Gasteiger partial charge in [0.2, 0.25) is 0 Å². The van der Waals surface area contributed by atoms with Gasteiger partial charge in [0.15, 0.2) is 0 Å². The maximum atomic E-state index is 11.8. The van der Waals surface area contributed by atoms with E-state index in [2.05, 4.69) is 13.5 Å². The monoisotopic (exact) mass is 204 g/mol. The lowest BCUT2D eigenvalue weighted by Gasteiger charge is -2.33. The van der Waals surface area contributed by atoms with Gasteiger partial charge in [-0.2, -0.15) is 0 Å². The van der Waals surface area contributed by atoms with Gasteiger partial charge in [0, 0.05) is 16.6 Å². The van der Waals surface area contributed by atoms with E-state index in [1.165, 1.54) is 0 Å². The molecule has 0 bridgehead atoms. The molecule has 0 saturated carbocycles. The Morgan fingerprint density at radius 1 is 1.75 bits per heavy atom. The minimum atomic E-state index is -0.645. The van der Waals surface area contributed by atoms with Crippen LogP contribution in [0.2, 0.25) is 0 Å². The maximum absolute atomic E-state index is 11.8. The molecular formula is C9H16OS2. The van der Waals surface area contributed by atoms with E-state index >= 15 is 0 Å². The fourth-order valence-corrected chi connectivity index (χ4v) is 5.19. The predicted molar refractivity (Wildman–Crippen MR) is 57.9 cm³/mol. The summed E-state index contributed by atoms with van der Waals surface area (Å²) in [6, 6.07) is 0. The van der Waals surface area contributed by atoms with Crippen molar-refractivity contribution in [3.05, 3.63) is 12.7 Å². The summed E-state index contributed by atoms with van der Waals surface area (Å²) in [6.45, 7) is 5.86. The van der Waals surface area contributed by atoms with Gasteiger partial charge in [-0.05, 0) is 25.0 Å². The van der Waals surface area contributed by atoms with Gasteiger partial charge in [0.05, 0.1) is 4.08 Å². The molecule has 0 aromatic heterocycles. The fraction of sp³-hybridized carbons (Fsp3) is 0.778. The van der Waals surface area contributed by atoms with Crippen molar-refractivity contribution < 1.29 is 4.21 Å². The van der Waals surface area contributed by atoms with Crippen LogP contribution < -0.4 is 0 Å². The third-order valence-electron chi connectivity index (χ3n) is 2.25. The smallest absolute Gasteiger partial charge is 0.0940 e. The first kappa shape index (κ1) is 10.3. The molecule has 12 heavy (non-hydrogen) atoms. The molecule has 0 radical (unpaired) electrons. The Hall–Kier alpha value is 0.240. The van der Waals surface area contributed by atoms with Crippen molar-refractivity contribution in [3.8, 4) is 0 Å². The summed E-state index contributed by atoms with van der Waals surface area (Å²) in [5.41, 5.74) is 0. The van der Waals surface area contributed by atoms with Gasteiger partial charge in [0.25, 0.3) is 0 Å². The highest BCUT2D eigenvalue weighted by atomic mass is 32.2. The van der Waals surface area contributed by atoms with Gasteiger partial charge in [-0.1, -0.05) is 13.0 Å². The van der Waals surface area contributed by atoms with Crippen LogP contribution in [0, 0.1) is 0 Å². The zero-order valence-electron chi connectivity index (χ0n) is 7.54. The van der Waals surface area contributed by atoms with E-state index in [0.717, 1.165) is 30.8 Å². The van der Waals surface area contributed by atoms with E-state index in [-0.39, 0.29) is 4.08 Å². The average Bonchev–Trinajstić information content (AvgIpc) is 2.10. The summed E-state index contributed by atoms with van der Waals surface area (Å²) in [6.07, 6.45) is 4.90. The molecular weight excluding hydrogens is 188 g/mol. The normalized spacial score (nSPS) is 36.2. The molecule has 1 heterocycles. The number of hydrogen-bond donors (Lipinski definition) is 0. The summed E-state index contributed by atoms with van der Waals surface area (Å²) in [7, 11) is -0.645. The lowest BCUT2D eigenvalue weighted by molar-refractivity contribution is 0.646. The van der Waals surface area contributed by atoms with Gasteiger partial charge in [-0.25, -0.2) is 0 Å². The third kappa shape index (κ3) is 1.94. The van der Waals surface area contributed by atoms with E-state index in [9.17, 15) is 4.21 Å². The lowest BCUT2D eigenvalue weighted by Crippen LogP contribution is -2.34. The number of rotatable bonds is 3. The highest BCUT2D eigenvalue weighted by molar-refractivity contribution is 8.13. The average molecular weight is 204 g/mol. The topological polar surface area (TPSA) is 17.1 Å². The van der Waals surface area contributed by atoms with Crippen LogP contribution in [0.1, 0.15) is 26.2 Å². The Morgan fingerprint density at radius 2 is 2.50 bits per heavy atom. The van der Waals surface area contributed by atoms with Gasteiger partial charge in [-0.3, -0.25) is 4.21 Å². The second-order valence-corrected chi connectivity index (χ2v) is 6.63. The Morgan fingerprint density at radius 3 is 3.00 bits per heavy atom. The Bertz CT molecular complexity index is 191. The molecule has 1 unspecified atom stereocenters. The quantitative estimate of drug-likeness (QED) is 0.657. The molecule has 1 nitrogen and oxygen atoms in total. The second kappa shape index (κ2) is 4.47. The molecule has 3 heteroatoms. The van der Waals surface area contributed by atoms with Crippen molar-refractivity contribution in [2.24, 2.45) is 0 Å². The standard InChI is InChI=1S/C9H16OS2/c1-3-6-9(4-2)11-7-5-8-12(9)10/h3H,1,4-8H2,2H3/t9-,12?/m1/s1. The predicted octanol–water partition coefficient (Wildman–Crippen LogP) is 2.55. The molecule has 1 saturated heterocycles. The molecule has 0 amide bonds. The van der Waals surface area contributed by atoms with E-state index in [1.807, 2.05) is 17.8 Å². The van der Waals surface area contributed by atoms with Crippen molar-refractivity contribution in [2.45, 2.75) is 30.3 Å². The molecule has 1 fully saturated rings. The van der Waals surface area contributed by atoms with E-state index in [0.29, 0.717) is 0 Å². The maximum Gasteiger partial charge on any atom is 0.0940 e. The van der Waals surface area contributed by atoms with Crippen molar-refractivity contribution in [2.75, 3.05) is 11.5 Å². The Labute approximate surface area is 81.5 Å². The van der Waals surface area contributed by atoms with Crippen LogP contribution in [0.25, 0.3) is 0 Å². The van der Waals surface area contributed by atoms with Gasteiger partial charge < -0.3 is 0 Å². The van der Waals surface area contributed by atoms with E-state index in [1.54, 1.807) is 0 Å². The highest BCUT2D eigenvalue weighted by Gasteiger charge is 2.36. The van der Waals surface area contributed by atoms with Crippen molar-refractivity contribution in [3.63, 3.8) is 0 Å². The fourth-order valence-electron chi connectivity index (χ4n) is 1.48. The van der Waals surface area contributed by atoms with Gasteiger partial charge in [0.1, 0.15) is 0 Å². The van der Waals surface area contributed by atoms with Crippen LogP contribution in [0.5, 0.6) is 0 Å². The third-order valence-corrected chi connectivity index (χ3v) is 6.58. The molecule has 0 aromatic carbocycles. The van der Waals surface area contributed by atoms with Crippen LogP contribution in [0.3, 0.4) is 0 Å². The van der Waals surface area contributed by atoms with Crippen LogP contribution in [-0.4, -0.2) is 19.8 Å². The number of hydrogen-bond acceptors (Lipinski definition) is 2. The highest BCUT2D eigenvalue weighted by Crippen LogP contribution is 2.40. The molecule has 1 aliphatic heterocycles. The summed E-state index contributed by atoms with van der Waals surface area (Å²) in [5.74, 6) is 2.04. The number of thioether (sulfide) groups is 1. The Kier molecular flexibility index (Phi) is 3.84. The zero-order valence-corrected chi connectivity index (χ0v) is 9.18. The SMILES string of the molecule is C=CC[C@]1(CC)SCCCS1=O. The van der Waals surface area contributed by atoms with Crippen LogP contribution in [-0.2, 0) is 10.8 Å². The van der Waals surface area contributed by atoms with Gasteiger partial charge >= 0.3 is 0 Å². The van der Waals surface area contributed by atoms with Crippen LogP contribution >= 0.6 is 11.8 Å². The summed E-state index contributed by atoms with van der Waals surface area (Å²) >= 11 is 1.87. The molecule has 0 aromatic rings. The van der Waals surface area contributed by atoms with E-state index < -0.39 is 10.8 Å². The lowest BCUT2D eigenvalue weighted by atomic mass is 10.2. The van der Waals surface area contributed by atoms with E-state index in [4.69, 9.17) is 0 Å². The molecule has 2 atom stereocenters. The molecule has 1 rings (SSSR count). The first-order valence-electron chi connectivity index (χ1n) is 4.38. The molecule has 0 spiro atoms. The summed E-state index contributed by atoms with van der Waals surface area (Å²) in [4.78, 5) is 0. The zero-order chi connectivity index (χ0) is 9.03. The minimum Gasteiger partial charge on any atom is -0.258 e. The van der Waals surface area contributed by atoms with Crippen molar-refractivity contribution >= 4 is 22.6 Å². The first-order valence-corrected chi connectivity index (χ1v) is 6.69.